The Kier molecular flexibility index (Phi) is 6.22. The molecule has 0 radical (unpaired) electrons. The van der Waals surface area contributed by atoms with Crippen molar-refractivity contribution >= 4 is 11.8 Å². The largest absolute Gasteiger partial charge is 0.483 e. The van der Waals surface area contributed by atoms with Crippen LogP contribution in [0.15, 0.2) is 91.1 Å². The molecule has 3 aromatic carbocycles. The smallest absolute Gasteiger partial charge is 0.290 e. The number of hydrogen-bond acceptors (Lipinski definition) is 4. The molecule has 0 aliphatic heterocycles. The summed E-state index contributed by atoms with van der Waals surface area (Å²) in [5.74, 6) is -1.01. The summed E-state index contributed by atoms with van der Waals surface area (Å²) in [6.45, 7) is -0.290. The van der Waals surface area contributed by atoms with Crippen molar-refractivity contribution < 1.29 is 18.7 Å². The molecule has 2 amide bonds. The minimum Gasteiger partial charge on any atom is -0.483 e. The summed E-state index contributed by atoms with van der Waals surface area (Å²) in [7, 11) is 0. The van der Waals surface area contributed by atoms with Crippen LogP contribution in [0.3, 0.4) is 0 Å². The molecule has 7 nitrogen and oxygen atoms in total. The van der Waals surface area contributed by atoms with Crippen molar-refractivity contribution in [2.24, 2.45) is 0 Å². The number of nitrogens with zero attached hydrogens (tertiary/aromatic N) is 2. The number of nitrogens with one attached hydrogen (secondary N) is 2. The van der Waals surface area contributed by atoms with Gasteiger partial charge in [0.2, 0.25) is 0 Å². The van der Waals surface area contributed by atoms with Crippen LogP contribution in [0.25, 0.3) is 16.8 Å². The molecule has 0 bridgehead atoms. The summed E-state index contributed by atoms with van der Waals surface area (Å²) in [6, 6.07) is 24.3. The quantitative estimate of drug-likeness (QED) is 0.459. The predicted molar refractivity (Wildman–Crippen MR) is 117 cm³/mol. The van der Waals surface area contributed by atoms with E-state index in [9.17, 15) is 14.0 Å². The maximum atomic E-state index is 13.4. The maximum absolute atomic E-state index is 13.4. The minimum atomic E-state index is -0.613. The Balaban J connectivity index is 1.32. The van der Waals surface area contributed by atoms with Crippen LogP contribution in [0.4, 0.5) is 4.39 Å². The van der Waals surface area contributed by atoms with E-state index in [0.29, 0.717) is 11.4 Å². The van der Waals surface area contributed by atoms with E-state index < -0.39 is 17.6 Å². The Morgan fingerprint density at radius 2 is 1.69 bits per heavy atom. The predicted octanol–water partition coefficient (Wildman–Crippen LogP) is 3.52. The van der Waals surface area contributed by atoms with Gasteiger partial charge in [-0.3, -0.25) is 20.4 Å². The fourth-order valence-corrected chi connectivity index (χ4v) is 3.03. The molecule has 4 aromatic rings. The average Bonchev–Trinajstić information content (AvgIpc) is 3.32. The third-order valence-corrected chi connectivity index (χ3v) is 4.54. The number of ether oxygens (including phenoxy) is 1. The zero-order chi connectivity index (χ0) is 22.3. The van der Waals surface area contributed by atoms with E-state index in [0.717, 1.165) is 11.1 Å². The van der Waals surface area contributed by atoms with Gasteiger partial charge >= 0.3 is 0 Å². The summed E-state index contributed by atoms with van der Waals surface area (Å²) in [5, 5.41) is 4.09. The van der Waals surface area contributed by atoms with Gasteiger partial charge in [0, 0.05) is 11.8 Å². The van der Waals surface area contributed by atoms with Crippen molar-refractivity contribution in [3.05, 3.63) is 103 Å². The number of rotatable bonds is 6. The number of benzene rings is 3. The molecule has 32 heavy (non-hydrogen) atoms. The maximum Gasteiger partial charge on any atom is 0.290 e. The lowest BCUT2D eigenvalue weighted by molar-refractivity contribution is -0.123. The van der Waals surface area contributed by atoms with Gasteiger partial charge in [-0.15, -0.1) is 0 Å². The van der Waals surface area contributed by atoms with E-state index in [-0.39, 0.29) is 12.3 Å². The number of aromatic nitrogens is 2. The molecule has 1 aromatic heterocycles. The number of para-hydroxylation sites is 1. The first-order valence-electron chi connectivity index (χ1n) is 9.78. The van der Waals surface area contributed by atoms with Crippen molar-refractivity contribution in [2.45, 2.75) is 0 Å². The minimum absolute atomic E-state index is 0.0601. The lowest BCUT2D eigenvalue weighted by Gasteiger charge is -2.12. The van der Waals surface area contributed by atoms with Crippen molar-refractivity contribution in [3.8, 4) is 22.6 Å². The van der Waals surface area contributed by atoms with E-state index in [4.69, 9.17) is 4.74 Å². The zero-order valence-electron chi connectivity index (χ0n) is 16.9. The van der Waals surface area contributed by atoms with Gasteiger partial charge in [0.05, 0.1) is 5.69 Å². The summed E-state index contributed by atoms with van der Waals surface area (Å²) < 4.78 is 20.4. The van der Waals surface area contributed by atoms with Crippen LogP contribution in [-0.4, -0.2) is 28.2 Å². The Morgan fingerprint density at radius 1 is 0.906 bits per heavy atom. The molecule has 0 aliphatic carbocycles. The van der Waals surface area contributed by atoms with E-state index >= 15 is 0 Å². The molecule has 0 saturated carbocycles. The van der Waals surface area contributed by atoms with Crippen LogP contribution in [-0.2, 0) is 4.79 Å². The molecule has 4 rings (SSSR count). The normalized spacial score (nSPS) is 10.4. The molecule has 1 heterocycles. The van der Waals surface area contributed by atoms with Crippen LogP contribution in [0.2, 0.25) is 0 Å². The average molecular weight is 430 g/mol. The van der Waals surface area contributed by atoms with Crippen molar-refractivity contribution in [3.63, 3.8) is 0 Å². The molecule has 0 spiro atoms. The highest BCUT2D eigenvalue weighted by Gasteiger charge is 2.13. The molecule has 0 aliphatic rings. The van der Waals surface area contributed by atoms with Gasteiger partial charge in [0.25, 0.3) is 11.8 Å². The number of hydrogen-bond donors (Lipinski definition) is 2. The summed E-state index contributed by atoms with van der Waals surface area (Å²) in [6.07, 6.45) is 1.52. The molecule has 0 atom stereocenters. The fraction of sp³-hybridized carbons (Fsp3) is 0.0417. The summed E-state index contributed by atoms with van der Waals surface area (Å²) >= 11 is 0. The van der Waals surface area contributed by atoms with Crippen LogP contribution in [0.5, 0.6) is 5.75 Å². The SMILES string of the molecule is O=C(COc1ccccc1-c1ccccc1)NNC(=O)c1ccn(-c2cccc(F)c2)n1. The number of amides is 2. The van der Waals surface area contributed by atoms with Gasteiger partial charge in [-0.25, -0.2) is 9.07 Å². The van der Waals surface area contributed by atoms with Gasteiger partial charge < -0.3 is 4.74 Å². The molecular weight excluding hydrogens is 411 g/mol. The van der Waals surface area contributed by atoms with Crippen LogP contribution in [0.1, 0.15) is 10.5 Å². The highest BCUT2D eigenvalue weighted by molar-refractivity contribution is 5.93. The highest BCUT2D eigenvalue weighted by Crippen LogP contribution is 2.29. The van der Waals surface area contributed by atoms with E-state index in [1.807, 2.05) is 48.5 Å². The van der Waals surface area contributed by atoms with Crippen molar-refractivity contribution in [1.82, 2.24) is 20.6 Å². The number of carbonyl (C=O) groups is 2. The second-order valence-corrected chi connectivity index (χ2v) is 6.78. The zero-order valence-corrected chi connectivity index (χ0v) is 16.9. The molecule has 160 valence electrons. The first-order chi connectivity index (χ1) is 15.6. The molecule has 8 heteroatoms. The monoisotopic (exact) mass is 430 g/mol. The van der Waals surface area contributed by atoms with Gasteiger partial charge in [-0.2, -0.15) is 5.10 Å². The second kappa shape index (κ2) is 9.57. The Labute approximate surface area is 183 Å². The lowest BCUT2D eigenvalue weighted by Crippen LogP contribution is -2.44. The highest BCUT2D eigenvalue weighted by atomic mass is 19.1. The molecule has 0 unspecified atom stereocenters. The van der Waals surface area contributed by atoms with Gasteiger partial charge in [0.15, 0.2) is 12.3 Å². The number of carbonyl (C=O) groups excluding carboxylic acids is 2. The Morgan fingerprint density at radius 3 is 2.50 bits per heavy atom. The third-order valence-electron chi connectivity index (χ3n) is 4.54. The summed E-state index contributed by atoms with van der Waals surface area (Å²) in [5.41, 5.74) is 6.93. The first kappa shape index (κ1) is 20.8. The van der Waals surface area contributed by atoms with Gasteiger partial charge in [-0.05, 0) is 35.9 Å². The molecule has 2 N–H and O–H groups in total. The fourth-order valence-electron chi connectivity index (χ4n) is 3.03. The molecule has 0 saturated heterocycles. The number of halogens is 1. The molecule has 0 fully saturated rings. The molecular formula is C24H19FN4O3. The van der Waals surface area contributed by atoms with Crippen LogP contribution >= 0.6 is 0 Å². The Hall–Kier alpha value is -4.46. The van der Waals surface area contributed by atoms with Crippen molar-refractivity contribution in [2.75, 3.05) is 6.61 Å². The first-order valence-corrected chi connectivity index (χ1v) is 9.78. The standard InChI is InChI=1S/C24H19FN4O3/c25-18-9-6-10-19(15-18)29-14-13-21(28-29)24(31)27-26-23(30)16-32-22-12-5-4-11-20(22)17-7-2-1-3-8-17/h1-15H,16H2,(H,26,30)(H,27,31). The van der Waals surface area contributed by atoms with Gasteiger partial charge in [-0.1, -0.05) is 54.6 Å². The Bertz CT molecular complexity index is 1240. The van der Waals surface area contributed by atoms with E-state index in [1.54, 1.807) is 18.2 Å². The number of hydrazine groups is 1. The van der Waals surface area contributed by atoms with Crippen LogP contribution in [0, 0.1) is 5.82 Å². The van der Waals surface area contributed by atoms with Gasteiger partial charge in [0.1, 0.15) is 11.6 Å². The third kappa shape index (κ3) is 4.99. The topological polar surface area (TPSA) is 85.3 Å². The lowest BCUT2D eigenvalue weighted by atomic mass is 10.1. The van der Waals surface area contributed by atoms with E-state index in [1.165, 1.54) is 29.1 Å². The van der Waals surface area contributed by atoms with E-state index in [2.05, 4.69) is 16.0 Å². The second-order valence-electron chi connectivity index (χ2n) is 6.78. The summed E-state index contributed by atoms with van der Waals surface area (Å²) in [4.78, 5) is 24.4. The van der Waals surface area contributed by atoms with Crippen molar-refractivity contribution in [1.29, 1.82) is 0 Å². The van der Waals surface area contributed by atoms with Crippen LogP contribution < -0.4 is 15.6 Å².